The van der Waals surface area contributed by atoms with Crippen LogP contribution >= 0.6 is 0 Å². The van der Waals surface area contributed by atoms with Gasteiger partial charge in [-0.3, -0.25) is 9.59 Å². The van der Waals surface area contributed by atoms with E-state index in [9.17, 15) is 9.59 Å². The molecule has 6 nitrogen and oxygen atoms in total. The predicted octanol–water partition coefficient (Wildman–Crippen LogP) is 1.72. The number of esters is 1. The zero-order valence-electron chi connectivity index (χ0n) is 15.9. The summed E-state index contributed by atoms with van der Waals surface area (Å²) in [6.07, 6.45) is 4.77. The maximum absolute atomic E-state index is 11.8. The van der Waals surface area contributed by atoms with Gasteiger partial charge in [0.25, 0.3) is 0 Å². The largest absolute Gasteiger partial charge is 0.466 e. The van der Waals surface area contributed by atoms with Crippen LogP contribution in [0.5, 0.6) is 0 Å². The standard InChI is InChI=1S/C19H34N2O4/c1-3-25-19(23)17-4-11-21(12-5-17)18-6-9-20(10-7-18)13-15-24-14-8-16(2)22/h17-18H,3-15H2,1-2H3. The fourth-order valence-electron chi connectivity index (χ4n) is 3.78. The molecule has 2 heterocycles. The molecule has 0 atom stereocenters. The monoisotopic (exact) mass is 354 g/mol. The second kappa shape index (κ2) is 10.9. The molecule has 0 N–H and O–H groups in total. The van der Waals surface area contributed by atoms with Gasteiger partial charge in [-0.1, -0.05) is 0 Å². The van der Waals surface area contributed by atoms with Crippen molar-refractivity contribution in [2.24, 2.45) is 5.92 Å². The number of hydrogen-bond acceptors (Lipinski definition) is 6. The molecular weight excluding hydrogens is 320 g/mol. The van der Waals surface area contributed by atoms with E-state index in [1.165, 1.54) is 12.8 Å². The normalized spacial score (nSPS) is 21.4. The summed E-state index contributed by atoms with van der Waals surface area (Å²) < 4.78 is 10.7. The van der Waals surface area contributed by atoms with E-state index in [0.717, 1.165) is 45.6 Å². The van der Waals surface area contributed by atoms with Gasteiger partial charge in [-0.25, -0.2) is 0 Å². The SMILES string of the molecule is CCOC(=O)C1CCN(C2CCN(CCOCCC(C)=O)CC2)CC1. The van der Waals surface area contributed by atoms with Crippen molar-refractivity contribution in [1.29, 1.82) is 0 Å². The van der Waals surface area contributed by atoms with E-state index in [-0.39, 0.29) is 17.7 Å². The molecule has 2 rings (SSSR count). The van der Waals surface area contributed by atoms with Crippen LogP contribution in [-0.2, 0) is 19.1 Å². The number of rotatable bonds is 9. The van der Waals surface area contributed by atoms with Crippen molar-refractivity contribution in [3.63, 3.8) is 0 Å². The molecule has 6 heteroatoms. The van der Waals surface area contributed by atoms with Crippen LogP contribution < -0.4 is 0 Å². The first-order valence-electron chi connectivity index (χ1n) is 9.80. The van der Waals surface area contributed by atoms with Gasteiger partial charge < -0.3 is 19.3 Å². The number of Topliss-reactive ketones (excluding diaryl/α,β-unsaturated/α-hetero) is 1. The Balaban J connectivity index is 1.58. The van der Waals surface area contributed by atoms with Crippen LogP contribution in [0.3, 0.4) is 0 Å². The molecule has 2 saturated heterocycles. The van der Waals surface area contributed by atoms with Gasteiger partial charge in [0.05, 0.1) is 25.7 Å². The highest BCUT2D eigenvalue weighted by molar-refractivity contribution is 5.75. The summed E-state index contributed by atoms with van der Waals surface area (Å²) >= 11 is 0. The molecule has 0 saturated carbocycles. The summed E-state index contributed by atoms with van der Waals surface area (Å²) in [4.78, 5) is 27.7. The Morgan fingerprint density at radius 3 is 2.28 bits per heavy atom. The van der Waals surface area contributed by atoms with E-state index in [1.807, 2.05) is 6.92 Å². The van der Waals surface area contributed by atoms with E-state index in [1.54, 1.807) is 6.92 Å². The molecular formula is C19H34N2O4. The third-order valence-electron chi connectivity index (χ3n) is 5.37. The van der Waals surface area contributed by atoms with E-state index in [4.69, 9.17) is 9.47 Å². The maximum atomic E-state index is 11.8. The number of ketones is 1. The van der Waals surface area contributed by atoms with Crippen LogP contribution in [-0.4, -0.2) is 80.1 Å². The number of ether oxygens (including phenoxy) is 2. The molecule has 2 aliphatic rings. The zero-order valence-corrected chi connectivity index (χ0v) is 15.9. The molecule has 0 aliphatic carbocycles. The summed E-state index contributed by atoms with van der Waals surface area (Å²) in [5, 5.41) is 0. The number of nitrogens with zero attached hydrogens (tertiary/aromatic N) is 2. The number of piperidine rings is 2. The first kappa shape index (κ1) is 20.3. The molecule has 0 unspecified atom stereocenters. The van der Waals surface area contributed by atoms with Crippen LogP contribution in [0.25, 0.3) is 0 Å². The number of carbonyl (C=O) groups excluding carboxylic acids is 2. The van der Waals surface area contributed by atoms with E-state index in [2.05, 4.69) is 9.80 Å². The highest BCUT2D eigenvalue weighted by Gasteiger charge is 2.31. The second-order valence-corrected chi connectivity index (χ2v) is 7.20. The third kappa shape index (κ3) is 7.04. The fourth-order valence-corrected chi connectivity index (χ4v) is 3.78. The van der Waals surface area contributed by atoms with Gasteiger partial charge in [0.1, 0.15) is 5.78 Å². The number of likely N-dealkylation sites (tertiary alicyclic amines) is 2. The molecule has 0 amide bonds. The average Bonchev–Trinajstić information content (AvgIpc) is 2.62. The summed E-state index contributed by atoms with van der Waals surface area (Å²) in [6.45, 7) is 10.4. The van der Waals surface area contributed by atoms with Crippen molar-refractivity contribution in [2.75, 3.05) is 52.5 Å². The predicted molar refractivity (Wildman–Crippen MR) is 96.5 cm³/mol. The molecule has 0 bridgehead atoms. The third-order valence-corrected chi connectivity index (χ3v) is 5.37. The zero-order chi connectivity index (χ0) is 18.1. The Labute approximate surface area is 151 Å². The highest BCUT2D eigenvalue weighted by Crippen LogP contribution is 2.24. The number of carbonyl (C=O) groups is 2. The Bertz CT molecular complexity index is 414. The Morgan fingerprint density at radius 1 is 1.00 bits per heavy atom. The van der Waals surface area contributed by atoms with Crippen LogP contribution in [0, 0.1) is 5.92 Å². The summed E-state index contributed by atoms with van der Waals surface area (Å²) in [5.41, 5.74) is 0. The summed E-state index contributed by atoms with van der Waals surface area (Å²) in [5.74, 6) is 0.276. The smallest absolute Gasteiger partial charge is 0.309 e. The Kier molecular flexibility index (Phi) is 8.85. The molecule has 2 aliphatic heterocycles. The van der Waals surface area contributed by atoms with Crippen molar-refractivity contribution in [1.82, 2.24) is 9.80 Å². The van der Waals surface area contributed by atoms with Gasteiger partial charge in [0.15, 0.2) is 0 Å². The highest BCUT2D eigenvalue weighted by atomic mass is 16.5. The van der Waals surface area contributed by atoms with Crippen molar-refractivity contribution >= 4 is 11.8 Å². The molecule has 0 aromatic carbocycles. The lowest BCUT2D eigenvalue weighted by Crippen LogP contribution is -2.48. The van der Waals surface area contributed by atoms with Gasteiger partial charge in [-0.15, -0.1) is 0 Å². The van der Waals surface area contributed by atoms with Crippen molar-refractivity contribution in [2.45, 2.75) is 52.0 Å². The molecule has 0 aromatic rings. The molecule has 2 fully saturated rings. The summed E-state index contributed by atoms with van der Waals surface area (Å²) in [7, 11) is 0. The quantitative estimate of drug-likeness (QED) is 0.464. The average molecular weight is 354 g/mol. The first-order valence-corrected chi connectivity index (χ1v) is 9.80. The topological polar surface area (TPSA) is 59.1 Å². The molecule has 0 spiro atoms. The van der Waals surface area contributed by atoms with E-state index in [0.29, 0.717) is 32.3 Å². The van der Waals surface area contributed by atoms with E-state index >= 15 is 0 Å². The van der Waals surface area contributed by atoms with Gasteiger partial charge in [0, 0.05) is 19.0 Å². The van der Waals surface area contributed by atoms with Gasteiger partial charge in [-0.05, 0) is 65.7 Å². The lowest BCUT2D eigenvalue weighted by atomic mass is 9.93. The molecule has 0 radical (unpaired) electrons. The van der Waals surface area contributed by atoms with Gasteiger partial charge >= 0.3 is 5.97 Å². The maximum Gasteiger partial charge on any atom is 0.309 e. The molecule has 25 heavy (non-hydrogen) atoms. The van der Waals surface area contributed by atoms with Crippen molar-refractivity contribution < 1.29 is 19.1 Å². The minimum Gasteiger partial charge on any atom is -0.466 e. The minimum atomic E-state index is -0.0123. The lowest BCUT2D eigenvalue weighted by Gasteiger charge is -2.41. The van der Waals surface area contributed by atoms with Gasteiger partial charge in [-0.2, -0.15) is 0 Å². The van der Waals surface area contributed by atoms with Crippen LogP contribution in [0.4, 0.5) is 0 Å². The Hall–Kier alpha value is -0.980. The van der Waals surface area contributed by atoms with Gasteiger partial charge in [0.2, 0.25) is 0 Å². The van der Waals surface area contributed by atoms with Crippen LogP contribution in [0.15, 0.2) is 0 Å². The van der Waals surface area contributed by atoms with Crippen molar-refractivity contribution in [3.8, 4) is 0 Å². The molecule has 0 aromatic heterocycles. The van der Waals surface area contributed by atoms with Crippen LogP contribution in [0.2, 0.25) is 0 Å². The first-order chi connectivity index (χ1) is 12.1. The van der Waals surface area contributed by atoms with E-state index < -0.39 is 0 Å². The van der Waals surface area contributed by atoms with Crippen molar-refractivity contribution in [3.05, 3.63) is 0 Å². The second-order valence-electron chi connectivity index (χ2n) is 7.20. The fraction of sp³-hybridized carbons (Fsp3) is 0.895. The lowest BCUT2D eigenvalue weighted by molar-refractivity contribution is -0.149. The number of hydrogen-bond donors (Lipinski definition) is 0. The minimum absolute atomic E-state index is 0.0123. The van der Waals surface area contributed by atoms with Crippen LogP contribution in [0.1, 0.15) is 46.0 Å². The molecule has 144 valence electrons. The Morgan fingerprint density at radius 2 is 1.68 bits per heavy atom. The summed E-state index contributed by atoms with van der Waals surface area (Å²) in [6, 6.07) is 0.651.